The third-order valence-corrected chi connectivity index (χ3v) is 6.72. The minimum Gasteiger partial charge on any atom is -0.366 e. The zero-order valence-electron chi connectivity index (χ0n) is 16.5. The number of hydrogen-bond donors (Lipinski definition) is 1. The lowest BCUT2D eigenvalue weighted by Crippen LogP contribution is -2.56. The SMILES string of the molecule is CC1(C)CCN1c1ccc2nccc(C(=O)NCC(=O)N3CSC[C@H]3C#N)c2c1. The summed E-state index contributed by atoms with van der Waals surface area (Å²) in [5.41, 5.74) is 2.41. The van der Waals surface area contributed by atoms with E-state index >= 15 is 0 Å². The van der Waals surface area contributed by atoms with Gasteiger partial charge >= 0.3 is 0 Å². The molecule has 0 spiro atoms. The normalized spacial score (nSPS) is 20.2. The third-order valence-electron chi connectivity index (χ3n) is 5.71. The van der Waals surface area contributed by atoms with Crippen molar-refractivity contribution in [3.8, 4) is 6.07 Å². The number of amides is 2. The van der Waals surface area contributed by atoms with E-state index in [1.165, 1.54) is 4.90 Å². The highest BCUT2D eigenvalue weighted by molar-refractivity contribution is 7.99. The second-order valence-electron chi connectivity index (χ2n) is 7.97. The largest absolute Gasteiger partial charge is 0.366 e. The number of rotatable bonds is 4. The van der Waals surface area contributed by atoms with Crippen LogP contribution in [0.1, 0.15) is 30.6 Å². The van der Waals surface area contributed by atoms with E-state index in [4.69, 9.17) is 5.26 Å². The minimum atomic E-state index is -0.423. The highest BCUT2D eigenvalue weighted by Crippen LogP contribution is 2.36. The van der Waals surface area contributed by atoms with Gasteiger partial charge in [0.1, 0.15) is 6.04 Å². The summed E-state index contributed by atoms with van der Waals surface area (Å²) in [4.78, 5) is 33.4. The van der Waals surface area contributed by atoms with Crippen LogP contribution in [0.4, 0.5) is 5.69 Å². The molecule has 1 atom stereocenters. The molecule has 3 heterocycles. The first kappa shape index (κ1) is 19.5. The molecule has 0 aliphatic carbocycles. The summed E-state index contributed by atoms with van der Waals surface area (Å²) in [6, 6.07) is 9.36. The predicted molar refractivity (Wildman–Crippen MR) is 114 cm³/mol. The number of pyridine rings is 1. The van der Waals surface area contributed by atoms with Crippen molar-refractivity contribution in [2.75, 3.05) is 29.6 Å². The Morgan fingerprint density at radius 1 is 1.38 bits per heavy atom. The Morgan fingerprint density at radius 3 is 2.90 bits per heavy atom. The molecule has 29 heavy (non-hydrogen) atoms. The summed E-state index contributed by atoms with van der Waals surface area (Å²) < 4.78 is 0. The number of hydrogen-bond acceptors (Lipinski definition) is 6. The van der Waals surface area contributed by atoms with Gasteiger partial charge in [-0.25, -0.2) is 0 Å². The lowest BCUT2D eigenvalue weighted by Gasteiger charge is -2.50. The smallest absolute Gasteiger partial charge is 0.252 e. The van der Waals surface area contributed by atoms with Gasteiger partial charge < -0.3 is 15.1 Å². The van der Waals surface area contributed by atoms with Crippen LogP contribution in [-0.4, -0.2) is 58.0 Å². The first-order valence-electron chi connectivity index (χ1n) is 9.62. The minimum absolute atomic E-state index is 0.107. The summed E-state index contributed by atoms with van der Waals surface area (Å²) in [6.07, 6.45) is 2.74. The molecule has 150 valence electrons. The maximum atomic E-state index is 12.8. The van der Waals surface area contributed by atoms with Gasteiger partial charge in [0, 0.05) is 35.1 Å². The number of carbonyl (C=O) groups excluding carboxylic acids is 2. The van der Waals surface area contributed by atoms with Gasteiger partial charge in [-0.2, -0.15) is 5.26 Å². The summed E-state index contributed by atoms with van der Waals surface area (Å²) in [5, 5.41) is 12.6. The van der Waals surface area contributed by atoms with Gasteiger partial charge in [0.25, 0.3) is 5.91 Å². The molecular weight excluding hydrogens is 386 g/mol. The summed E-state index contributed by atoms with van der Waals surface area (Å²) in [5.74, 6) is 0.545. The first-order chi connectivity index (χ1) is 13.9. The molecule has 2 saturated heterocycles. The van der Waals surface area contributed by atoms with Gasteiger partial charge in [-0.3, -0.25) is 14.6 Å². The monoisotopic (exact) mass is 409 g/mol. The van der Waals surface area contributed by atoms with E-state index in [9.17, 15) is 9.59 Å². The molecule has 2 aliphatic heterocycles. The van der Waals surface area contributed by atoms with Crippen molar-refractivity contribution >= 4 is 40.2 Å². The molecule has 1 N–H and O–H groups in total. The number of benzene rings is 1. The van der Waals surface area contributed by atoms with Gasteiger partial charge in [-0.05, 0) is 44.5 Å². The second kappa shape index (κ2) is 7.56. The Morgan fingerprint density at radius 2 is 2.21 bits per heavy atom. The lowest BCUT2D eigenvalue weighted by molar-refractivity contribution is -0.129. The standard InChI is InChI=1S/C21H23N5O2S/c1-21(2)6-8-26(21)14-3-4-18-17(9-14)16(5-7-23-18)20(28)24-11-19(27)25-13-29-12-15(25)10-22/h3-5,7,9,15H,6,8,11-13H2,1-2H3,(H,24,28)/t15-/m1/s1. The molecule has 1 aromatic carbocycles. The van der Waals surface area contributed by atoms with Crippen molar-refractivity contribution in [3.63, 3.8) is 0 Å². The molecule has 0 unspecified atom stereocenters. The fourth-order valence-electron chi connectivity index (χ4n) is 3.80. The lowest BCUT2D eigenvalue weighted by atomic mass is 9.88. The van der Waals surface area contributed by atoms with Crippen LogP contribution in [0.15, 0.2) is 30.5 Å². The Hall–Kier alpha value is -2.79. The predicted octanol–water partition coefficient (Wildman–Crippen LogP) is 2.38. The molecule has 8 heteroatoms. The van der Waals surface area contributed by atoms with E-state index in [0.717, 1.165) is 29.6 Å². The molecule has 0 bridgehead atoms. The number of aromatic nitrogens is 1. The topological polar surface area (TPSA) is 89.3 Å². The van der Waals surface area contributed by atoms with Gasteiger partial charge in [0.15, 0.2) is 0 Å². The average molecular weight is 410 g/mol. The van der Waals surface area contributed by atoms with Gasteiger partial charge in [-0.1, -0.05) is 0 Å². The zero-order chi connectivity index (χ0) is 20.6. The molecule has 2 aromatic rings. The van der Waals surface area contributed by atoms with Crippen LogP contribution in [0, 0.1) is 11.3 Å². The number of thioether (sulfide) groups is 1. The molecule has 0 radical (unpaired) electrons. The van der Waals surface area contributed by atoms with Crippen LogP contribution in [0.2, 0.25) is 0 Å². The average Bonchev–Trinajstić information content (AvgIpc) is 3.19. The molecule has 1 aromatic heterocycles. The van der Waals surface area contributed by atoms with E-state index in [2.05, 4.69) is 35.1 Å². The Balaban J connectivity index is 1.53. The number of nitrogens with one attached hydrogen (secondary N) is 1. The molecule has 2 aliphatic rings. The maximum absolute atomic E-state index is 12.8. The van der Waals surface area contributed by atoms with E-state index in [-0.39, 0.29) is 23.9 Å². The van der Waals surface area contributed by atoms with Crippen LogP contribution in [0.25, 0.3) is 10.9 Å². The van der Waals surface area contributed by atoms with Crippen LogP contribution in [0.3, 0.4) is 0 Å². The fourth-order valence-corrected chi connectivity index (χ4v) is 4.90. The van der Waals surface area contributed by atoms with E-state index in [1.807, 2.05) is 18.2 Å². The van der Waals surface area contributed by atoms with Crippen LogP contribution in [-0.2, 0) is 4.79 Å². The third kappa shape index (κ3) is 3.62. The Labute approximate surface area is 174 Å². The quantitative estimate of drug-likeness (QED) is 0.834. The molecule has 7 nitrogen and oxygen atoms in total. The molecular formula is C21H23N5O2S. The van der Waals surface area contributed by atoms with E-state index in [1.54, 1.807) is 24.0 Å². The number of anilines is 1. The van der Waals surface area contributed by atoms with Crippen molar-refractivity contribution < 1.29 is 9.59 Å². The van der Waals surface area contributed by atoms with Crippen molar-refractivity contribution in [2.24, 2.45) is 0 Å². The van der Waals surface area contributed by atoms with Crippen LogP contribution in [0.5, 0.6) is 0 Å². The van der Waals surface area contributed by atoms with Crippen molar-refractivity contribution in [1.82, 2.24) is 15.2 Å². The first-order valence-corrected chi connectivity index (χ1v) is 10.8. The van der Waals surface area contributed by atoms with Gasteiger partial charge in [-0.15, -0.1) is 11.8 Å². The second-order valence-corrected chi connectivity index (χ2v) is 8.96. The van der Waals surface area contributed by atoms with Crippen LogP contribution < -0.4 is 10.2 Å². The number of nitriles is 1. The van der Waals surface area contributed by atoms with Crippen LogP contribution >= 0.6 is 11.8 Å². The number of carbonyl (C=O) groups is 2. The van der Waals surface area contributed by atoms with E-state index in [0.29, 0.717) is 17.2 Å². The molecule has 2 fully saturated rings. The summed E-state index contributed by atoms with van der Waals surface area (Å²) in [6.45, 7) is 5.27. The summed E-state index contributed by atoms with van der Waals surface area (Å²) >= 11 is 1.54. The highest BCUT2D eigenvalue weighted by atomic mass is 32.2. The summed E-state index contributed by atoms with van der Waals surface area (Å²) in [7, 11) is 0. The van der Waals surface area contributed by atoms with Crippen molar-refractivity contribution in [2.45, 2.75) is 31.8 Å². The number of fused-ring (bicyclic) bond motifs is 1. The fraction of sp³-hybridized carbons (Fsp3) is 0.429. The van der Waals surface area contributed by atoms with E-state index < -0.39 is 6.04 Å². The van der Waals surface area contributed by atoms with Gasteiger partial charge in [0.2, 0.25) is 5.91 Å². The molecule has 4 rings (SSSR count). The van der Waals surface area contributed by atoms with Crippen molar-refractivity contribution in [1.29, 1.82) is 5.26 Å². The van der Waals surface area contributed by atoms with Gasteiger partial charge in [0.05, 0.1) is 29.6 Å². The van der Waals surface area contributed by atoms with Crippen molar-refractivity contribution in [3.05, 3.63) is 36.0 Å². The Kier molecular flexibility index (Phi) is 5.09. The highest BCUT2D eigenvalue weighted by Gasteiger charge is 2.36. The maximum Gasteiger partial charge on any atom is 0.252 e. The molecule has 0 saturated carbocycles. The molecule has 2 amide bonds. The number of nitrogens with zero attached hydrogens (tertiary/aromatic N) is 4. The zero-order valence-corrected chi connectivity index (χ0v) is 17.3. The Bertz CT molecular complexity index is 1020.